The van der Waals surface area contributed by atoms with Crippen LogP contribution in [-0.2, 0) is 15.8 Å². The lowest BCUT2D eigenvalue weighted by molar-refractivity contribution is 0.0599. The first-order chi connectivity index (χ1) is 7.88. The summed E-state index contributed by atoms with van der Waals surface area (Å²) in [4.78, 5) is 22.2. The molecule has 0 heterocycles. The molecule has 1 atom stereocenters. The molecule has 0 aromatic heterocycles. The molecule has 1 aromatic rings. The second kappa shape index (κ2) is 5.07. The van der Waals surface area contributed by atoms with Gasteiger partial charge in [-0.05, 0) is 24.6 Å². The summed E-state index contributed by atoms with van der Waals surface area (Å²) in [6.07, 6.45) is 0. The Morgan fingerprint density at radius 3 is 2.24 bits per heavy atom. The van der Waals surface area contributed by atoms with Gasteiger partial charge in [0.15, 0.2) is 11.1 Å². The van der Waals surface area contributed by atoms with Gasteiger partial charge in [-0.15, -0.1) is 0 Å². The number of hydrogen-bond donors (Lipinski definition) is 2. The molecule has 0 spiro atoms. The Kier molecular flexibility index (Phi) is 3.97. The van der Waals surface area contributed by atoms with E-state index < -0.39 is 23.0 Å². The summed E-state index contributed by atoms with van der Waals surface area (Å²) >= 11 is -2.36. The number of carbonyl (C=O) groups is 2. The molecule has 0 fully saturated rings. The molecule has 0 aliphatic heterocycles. The van der Waals surface area contributed by atoms with Crippen LogP contribution in [-0.4, -0.2) is 32.9 Å². The number of ether oxygens (including phenoxy) is 1. The fraction of sp³-hybridized carbons (Fsp3) is 0.200. The molecule has 0 aliphatic rings. The molecule has 17 heavy (non-hydrogen) atoms. The number of carbonyl (C=O) groups excluding carboxylic acids is 1. The maximum atomic E-state index is 11.4. The maximum absolute atomic E-state index is 11.4. The van der Waals surface area contributed by atoms with Gasteiger partial charge in [0.1, 0.15) is 0 Å². The molecule has 0 saturated heterocycles. The summed E-state index contributed by atoms with van der Waals surface area (Å²) in [5.41, 5.74) is -0.0475. The highest BCUT2D eigenvalue weighted by atomic mass is 32.2. The number of benzene rings is 1. The summed E-state index contributed by atoms with van der Waals surface area (Å²) < 4.78 is 24.3. The molecule has 7 heteroatoms. The number of methoxy groups -OCH3 is 1. The van der Waals surface area contributed by atoms with E-state index in [1.165, 1.54) is 6.92 Å². The zero-order chi connectivity index (χ0) is 13.2. The minimum absolute atomic E-state index is 0.0372. The fourth-order valence-corrected chi connectivity index (χ4v) is 1.77. The Balaban J connectivity index is 3.54. The highest BCUT2D eigenvalue weighted by molar-refractivity contribution is 7.79. The molecule has 0 bridgehead atoms. The summed E-state index contributed by atoms with van der Waals surface area (Å²) in [5, 5.41) is 8.92. The quantitative estimate of drug-likeness (QED) is 0.621. The maximum Gasteiger partial charge on any atom is 0.338 e. The van der Waals surface area contributed by atoms with Gasteiger partial charge < -0.3 is 14.4 Å². The third kappa shape index (κ3) is 2.69. The molecule has 1 unspecified atom stereocenters. The minimum atomic E-state index is -2.36. The van der Waals surface area contributed by atoms with Crippen LogP contribution in [0.2, 0.25) is 0 Å². The van der Waals surface area contributed by atoms with Gasteiger partial charge in [-0.1, -0.05) is 0 Å². The van der Waals surface area contributed by atoms with E-state index in [0.29, 0.717) is 0 Å². The van der Waals surface area contributed by atoms with E-state index in [4.69, 9.17) is 9.66 Å². The highest BCUT2D eigenvalue weighted by Gasteiger charge is 2.19. The Morgan fingerprint density at radius 2 is 1.82 bits per heavy atom. The lowest BCUT2D eigenvalue weighted by atomic mass is 10.0. The van der Waals surface area contributed by atoms with Gasteiger partial charge >= 0.3 is 11.9 Å². The van der Waals surface area contributed by atoms with E-state index in [-0.39, 0.29) is 21.6 Å². The van der Waals surface area contributed by atoms with Crippen molar-refractivity contribution in [1.29, 1.82) is 0 Å². The summed E-state index contributed by atoms with van der Waals surface area (Å²) in [5.74, 6) is -2.03. The lowest BCUT2D eigenvalue weighted by Gasteiger charge is -2.08. The molecule has 1 rings (SSSR count). The predicted molar refractivity (Wildman–Crippen MR) is 58.5 cm³/mol. The third-order valence-electron chi connectivity index (χ3n) is 2.22. The standard InChI is InChI=1S/C10H10O6S/c1-5-7(9(11)12)3-6(17(14)15)4-8(5)10(13)16-2/h3-4H,1-2H3,(H,11,12)(H,14,15). The predicted octanol–water partition coefficient (Wildman–Crippen LogP) is 1.06. The number of carboxylic acid groups (broad SMARTS) is 1. The molecule has 0 saturated carbocycles. The van der Waals surface area contributed by atoms with Crippen molar-refractivity contribution in [2.45, 2.75) is 11.8 Å². The average molecular weight is 258 g/mol. The van der Waals surface area contributed by atoms with Crippen LogP contribution >= 0.6 is 0 Å². The molecule has 92 valence electrons. The van der Waals surface area contributed by atoms with E-state index >= 15 is 0 Å². The molecule has 0 amide bonds. The molecule has 6 nitrogen and oxygen atoms in total. The summed E-state index contributed by atoms with van der Waals surface area (Å²) in [6.45, 7) is 1.43. The molecule has 0 aliphatic carbocycles. The summed E-state index contributed by atoms with van der Waals surface area (Å²) in [7, 11) is 1.14. The fourth-order valence-electron chi connectivity index (χ4n) is 1.33. The monoisotopic (exact) mass is 258 g/mol. The van der Waals surface area contributed by atoms with Crippen LogP contribution in [0.15, 0.2) is 17.0 Å². The van der Waals surface area contributed by atoms with E-state index in [1.807, 2.05) is 0 Å². The second-order valence-electron chi connectivity index (χ2n) is 3.19. The number of esters is 1. The normalized spacial score (nSPS) is 11.9. The van der Waals surface area contributed by atoms with E-state index in [9.17, 15) is 13.8 Å². The Hall–Kier alpha value is -1.73. The number of hydrogen-bond acceptors (Lipinski definition) is 4. The molecular formula is C10H10O6S. The molecular weight excluding hydrogens is 248 g/mol. The van der Waals surface area contributed by atoms with Crippen LogP contribution in [0.5, 0.6) is 0 Å². The van der Waals surface area contributed by atoms with Crippen LogP contribution in [0.4, 0.5) is 0 Å². The average Bonchev–Trinajstić information content (AvgIpc) is 2.27. The zero-order valence-electron chi connectivity index (χ0n) is 9.09. The second-order valence-corrected chi connectivity index (χ2v) is 4.16. The van der Waals surface area contributed by atoms with Crippen molar-refractivity contribution in [3.05, 3.63) is 28.8 Å². The molecule has 0 radical (unpaired) electrons. The highest BCUT2D eigenvalue weighted by Crippen LogP contribution is 2.20. The number of carboxylic acids is 1. The van der Waals surface area contributed by atoms with Gasteiger partial charge in [0, 0.05) is 0 Å². The van der Waals surface area contributed by atoms with Crippen LogP contribution in [0.25, 0.3) is 0 Å². The largest absolute Gasteiger partial charge is 0.478 e. The van der Waals surface area contributed by atoms with E-state index in [2.05, 4.69) is 4.74 Å². The van der Waals surface area contributed by atoms with Gasteiger partial charge in [-0.2, -0.15) is 0 Å². The van der Waals surface area contributed by atoms with Gasteiger partial charge in [0.05, 0.1) is 23.1 Å². The zero-order valence-corrected chi connectivity index (χ0v) is 9.91. The van der Waals surface area contributed by atoms with Crippen LogP contribution in [0.1, 0.15) is 26.3 Å². The SMILES string of the molecule is COC(=O)c1cc(S(=O)O)cc(C(=O)O)c1C. The van der Waals surface area contributed by atoms with Gasteiger partial charge in [0.2, 0.25) is 0 Å². The first-order valence-electron chi connectivity index (χ1n) is 4.45. The van der Waals surface area contributed by atoms with Crippen LogP contribution in [0, 0.1) is 6.92 Å². The first kappa shape index (κ1) is 13.3. The smallest absolute Gasteiger partial charge is 0.338 e. The van der Waals surface area contributed by atoms with Gasteiger partial charge in [-0.3, -0.25) is 0 Å². The van der Waals surface area contributed by atoms with Gasteiger partial charge in [0.25, 0.3) is 0 Å². The third-order valence-corrected chi connectivity index (χ3v) is 2.86. The molecule has 2 N–H and O–H groups in total. The van der Waals surface area contributed by atoms with Gasteiger partial charge in [-0.25, -0.2) is 13.8 Å². The van der Waals surface area contributed by atoms with Crippen molar-refractivity contribution in [1.82, 2.24) is 0 Å². The van der Waals surface area contributed by atoms with Crippen LogP contribution in [0.3, 0.4) is 0 Å². The van der Waals surface area contributed by atoms with Crippen molar-refractivity contribution in [3.8, 4) is 0 Å². The van der Waals surface area contributed by atoms with Crippen molar-refractivity contribution in [2.24, 2.45) is 0 Å². The number of rotatable bonds is 3. The Morgan fingerprint density at radius 1 is 1.29 bits per heavy atom. The summed E-state index contributed by atoms with van der Waals surface area (Å²) in [6, 6.07) is 2.20. The van der Waals surface area contributed by atoms with Crippen molar-refractivity contribution in [2.75, 3.05) is 7.11 Å². The van der Waals surface area contributed by atoms with Crippen molar-refractivity contribution in [3.63, 3.8) is 0 Å². The Labute approximate surface area is 99.5 Å². The van der Waals surface area contributed by atoms with Crippen LogP contribution < -0.4 is 0 Å². The van der Waals surface area contributed by atoms with E-state index in [1.54, 1.807) is 0 Å². The number of aromatic carboxylic acids is 1. The lowest BCUT2D eigenvalue weighted by Crippen LogP contribution is -2.10. The van der Waals surface area contributed by atoms with Crippen molar-refractivity contribution < 1.29 is 28.2 Å². The Bertz CT molecular complexity index is 508. The van der Waals surface area contributed by atoms with Crippen molar-refractivity contribution >= 4 is 23.0 Å². The molecule has 1 aromatic carbocycles. The first-order valence-corrected chi connectivity index (χ1v) is 5.56. The van der Waals surface area contributed by atoms with E-state index in [0.717, 1.165) is 19.2 Å². The topological polar surface area (TPSA) is 101 Å². The minimum Gasteiger partial charge on any atom is -0.478 e.